The molecule has 1 aliphatic rings. The van der Waals surface area contributed by atoms with Gasteiger partial charge in [-0.3, -0.25) is 4.79 Å². The zero-order chi connectivity index (χ0) is 16.9. The number of benzene rings is 2. The Balaban J connectivity index is 1.66. The van der Waals surface area contributed by atoms with Gasteiger partial charge in [0.2, 0.25) is 5.91 Å². The van der Waals surface area contributed by atoms with Gasteiger partial charge in [0.1, 0.15) is 0 Å². The minimum Gasteiger partial charge on any atom is -0.326 e. The van der Waals surface area contributed by atoms with E-state index in [0.29, 0.717) is 4.58 Å². The maximum Gasteiger partial charge on any atom is 0.229 e. The molecule has 1 aliphatic heterocycles. The van der Waals surface area contributed by atoms with Crippen molar-refractivity contribution >= 4 is 35.1 Å². The third kappa shape index (κ3) is 4.15. The van der Waals surface area contributed by atoms with E-state index in [4.69, 9.17) is 5.73 Å². The van der Waals surface area contributed by atoms with Gasteiger partial charge in [-0.05, 0) is 23.3 Å². The van der Waals surface area contributed by atoms with E-state index in [1.807, 2.05) is 72.9 Å². The lowest BCUT2D eigenvalue weighted by Crippen LogP contribution is -2.30. The Morgan fingerprint density at radius 1 is 1.12 bits per heavy atom. The quantitative estimate of drug-likeness (QED) is 0.830. The van der Waals surface area contributed by atoms with Gasteiger partial charge in [-0.25, -0.2) is 0 Å². The number of carbonyl (C=O) groups excluding carboxylic acids is 1. The first-order valence-electron chi connectivity index (χ1n) is 8.09. The van der Waals surface area contributed by atoms with Crippen molar-refractivity contribution in [2.45, 2.75) is 17.5 Å². The van der Waals surface area contributed by atoms with Gasteiger partial charge in [0.05, 0.1) is 10.5 Å². The summed E-state index contributed by atoms with van der Waals surface area (Å²) in [6.45, 7) is 1.87. The number of rotatable bonds is 5. The summed E-state index contributed by atoms with van der Waals surface area (Å²) in [6.07, 6.45) is 0. The van der Waals surface area contributed by atoms with Crippen molar-refractivity contribution in [2.75, 3.05) is 16.8 Å². The molecule has 0 spiro atoms. The molecule has 0 aromatic heterocycles. The van der Waals surface area contributed by atoms with E-state index in [1.54, 1.807) is 0 Å². The normalized spacial score (nSPS) is 17.4. The Bertz CT molecular complexity index is 687. The van der Waals surface area contributed by atoms with Crippen LogP contribution in [0.15, 0.2) is 54.6 Å². The first-order chi connectivity index (χ1) is 11.6. The molecule has 126 valence electrons. The Hall–Kier alpha value is -1.43. The van der Waals surface area contributed by atoms with E-state index < -0.39 is 0 Å². The first kappa shape index (κ1) is 17.4. The Labute approximate surface area is 151 Å². The van der Waals surface area contributed by atoms with Crippen molar-refractivity contribution in [3.8, 4) is 0 Å². The summed E-state index contributed by atoms with van der Waals surface area (Å²) in [4.78, 5) is 12.6. The zero-order valence-corrected chi connectivity index (χ0v) is 15.3. The molecule has 2 aromatic rings. The molecule has 0 bridgehead atoms. The molecule has 2 atom stereocenters. The number of hydrogen-bond acceptors (Lipinski definition) is 4. The molecule has 1 fully saturated rings. The lowest BCUT2D eigenvalue weighted by Gasteiger charge is -2.20. The Morgan fingerprint density at radius 3 is 2.54 bits per heavy atom. The summed E-state index contributed by atoms with van der Waals surface area (Å²) in [5, 5.41) is 3.02. The van der Waals surface area contributed by atoms with E-state index >= 15 is 0 Å². The van der Waals surface area contributed by atoms with Crippen LogP contribution in [-0.4, -0.2) is 17.4 Å². The van der Waals surface area contributed by atoms with Gasteiger partial charge in [-0.2, -0.15) is 0 Å². The summed E-state index contributed by atoms with van der Waals surface area (Å²) >= 11 is 3.92. The van der Waals surface area contributed by atoms with Gasteiger partial charge in [0, 0.05) is 23.2 Å². The molecule has 2 unspecified atom stereocenters. The number of nitrogens with one attached hydrogen (secondary N) is 1. The molecule has 3 N–H and O–H groups in total. The molecule has 0 radical (unpaired) electrons. The van der Waals surface area contributed by atoms with Crippen LogP contribution < -0.4 is 11.1 Å². The minimum absolute atomic E-state index is 0.0461. The largest absolute Gasteiger partial charge is 0.326 e. The molecule has 24 heavy (non-hydrogen) atoms. The summed E-state index contributed by atoms with van der Waals surface area (Å²) in [7, 11) is 0. The zero-order valence-electron chi connectivity index (χ0n) is 13.6. The molecule has 1 heterocycles. The van der Waals surface area contributed by atoms with Crippen LogP contribution in [0.25, 0.3) is 0 Å². The number of amides is 1. The molecule has 2 aromatic carbocycles. The highest BCUT2D eigenvalue weighted by molar-refractivity contribution is 8.19. The fourth-order valence-electron chi connectivity index (χ4n) is 2.70. The molecule has 0 aliphatic carbocycles. The van der Waals surface area contributed by atoms with E-state index in [-0.39, 0.29) is 17.9 Å². The fourth-order valence-corrected chi connectivity index (χ4v) is 5.54. The molecule has 1 amide bonds. The van der Waals surface area contributed by atoms with Gasteiger partial charge in [-0.15, -0.1) is 23.5 Å². The highest BCUT2D eigenvalue weighted by Gasteiger charge is 2.23. The predicted octanol–water partition coefficient (Wildman–Crippen LogP) is 4.44. The van der Waals surface area contributed by atoms with Gasteiger partial charge >= 0.3 is 0 Å². The van der Waals surface area contributed by atoms with Crippen LogP contribution in [-0.2, 0) is 4.79 Å². The van der Waals surface area contributed by atoms with E-state index in [0.717, 1.165) is 11.3 Å². The average Bonchev–Trinajstić information content (AvgIpc) is 3.16. The van der Waals surface area contributed by atoms with Crippen LogP contribution in [0.2, 0.25) is 0 Å². The third-order valence-electron chi connectivity index (χ3n) is 4.18. The van der Waals surface area contributed by atoms with Crippen LogP contribution in [0.1, 0.15) is 28.7 Å². The van der Waals surface area contributed by atoms with Crippen molar-refractivity contribution in [3.63, 3.8) is 0 Å². The van der Waals surface area contributed by atoms with Gasteiger partial charge in [-0.1, -0.05) is 49.4 Å². The average molecular weight is 359 g/mol. The predicted molar refractivity (Wildman–Crippen MR) is 105 cm³/mol. The molecule has 3 rings (SSSR count). The first-order valence-corrected chi connectivity index (χ1v) is 10.2. The second-order valence-corrected chi connectivity index (χ2v) is 8.64. The number of thioether (sulfide) groups is 2. The monoisotopic (exact) mass is 358 g/mol. The topological polar surface area (TPSA) is 55.1 Å². The van der Waals surface area contributed by atoms with Crippen molar-refractivity contribution in [1.29, 1.82) is 0 Å². The molecule has 0 saturated carbocycles. The van der Waals surface area contributed by atoms with Crippen molar-refractivity contribution < 1.29 is 4.79 Å². The van der Waals surface area contributed by atoms with Crippen LogP contribution >= 0.6 is 23.5 Å². The summed E-state index contributed by atoms with van der Waals surface area (Å²) in [5.41, 5.74) is 9.34. The number of hydrogen-bond donors (Lipinski definition) is 2. The number of carbonyl (C=O) groups is 1. The Morgan fingerprint density at radius 2 is 1.83 bits per heavy atom. The highest BCUT2D eigenvalue weighted by Crippen LogP contribution is 2.45. The van der Waals surface area contributed by atoms with Gasteiger partial charge < -0.3 is 11.1 Å². The van der Waals surface area contributed by atoms with E-state index in [9.17, 15) is 4.79 Å². The molecule has 3 nitrogen and oxygen atoms in total. The van der Waals surface area contributed by atoms with Crippen LogP contribution in [0, 0.1) is 5.92 Å². The lowest BCUT2D eigenvalue weighted by molar-refractivity contribution is -0.120. The number of anilines is 1. The third-order valence-corrected chi connectivity index (χ3v) is 7.29. The van der Waals surface area contributed by atoms with Crippen molar-refractivity contribution in [2.24, 2.45) is 11.7 Å². The smallest absolute Gasteiger partial charge is 0.229 e. The Kier molecular flexibility index (Phi) is 5.87. The van der Waals surface area contributed by atoms with Gasteiger partial charge in [0.15, 0.2) is 0 Å². The van der Waals surface area contributed by atoms with Gasteiger partial charge in [0.25, 0.3) is 0 Å². The van der Waals surface area contributed by atoms with Crippen LogP contribution in [0.4, 0.5) is 5.69 Å². The lowest BCUT2D eigenvalue weighted by atomic mass is 9.94. The molecule has 1 saturated heterocycles. The van der Waals surface area contributed by atoms with E-state index in [2.05, 4.69) is 17.4 Å². The second-order valence-electron chi connectivity index (χ2n) is 5.91. The summed E-state index contributed by atoms with van der Waals surface area (Å²) in [6, 6.07) is 17.6. The molecule has 5 heteroatoms. The molecular formula is C19H22N2OS2. The van der Waals surface area contributed by atoms with Crippen LogP contribution in [0.5, 0.6) is 0 Å². The second kappa shape index (κ2) is 8.10. The number of nitrogens with two attached hydrogens (primary N) is 1. The summed E-state index contributed by atoms with van der Waals surface area (Å²) in [5.74, 6) is 2.03. The fraction of sp³-hybridized carbons (Fsp3) is 0.316. The van der Waals surface area contributed by atoms with Crippen molar-refractivity contribution in [3.05, 3.63) is 65.7 Å². The molecular weight excluding hydrogens is 336 g/mol. The SMILES string of the molecule is CC(C(=O)Nc1cccc(C2SCCS2)c1)C(N)c1ccccc1. The van der Waals surface area contributed by atoms with Crippen LogP contribution in [0.3, 0.4) is 0 Å². The highest BCUT2D eigenvalue weighted by atomic mass is 32.2. The van der Waals surface area contributed by atoms with E-state index in [1.165, 1.54) is 17.1 Å². The minimum atomic E-state index is -0.310. The van der Waals surface area contributed by atoms with Crippen molar-refractivity contribution in [1.82, 2.24) is 0 Å². The standard InChI is InChI=1S/C19H22N2OS2/c1-13(17(20)14-6-3-2-4-7-14)18(22)21-16-9-5-8-15(12-16)19-23-10-11-24-19/h2-9,12-13,17,19H,10-11,20H2,1H3,(H,21,22). The summed E-state index contributed by atoms with van der Waals surface area (Å²) < 4.78 is 0.478. The maximum atomic E-state index is 12.6. The maximum absolute atomic E-state index is 12.6.